The van der Waals surface area contributed by atoms with E-state index in [1.807, 2.05) is 6.07 Å². The van der Waals surface area contributed by atoms with E-state index in [0.717, 1.165) is 23.0 Å². The largest absolute Gasteiger partial charge is 0.416 e. The molecule has 5 nitrogen and oxygen atoms in total. The van der Waals surface area contributed by atoms with Crippen molar-refractivity contribution in [2.45, 2.75) is 19.0 Å². The number of carbonyl (C=O) groups is 1. The number of rotatable bonds is 7. The summed E-state index contributed by atoms with van der Waals surface area (Å²) in [5, 5.41) is 15.5. The highest BCUT2D eigenvalue weighted by Crippen LogP contribution is 2.29. The molecule has 0 saturated carbocycles. The SMILES string of the molecule is O=C(CCc1ccc(C(F)(F)F)cc1)Nc1ccc2nc(NCCO)ccc2c1. The van der Waals surface area contributed by atoms with E-state index in [4.69, 9.17) is 5.11 Å². The third kappa shape index (κ3) is 5.68. The van der Waals surface area contributed by atoms with Crippen molar-refractivity contribution in [3.05, 3.63) is 65.7 Å². The van der Waals surface area contributed by atoms with Crippen LogP contribution in [0.25, 0.3) is 10.9 Å². The summed E-state index contributed by atoms with van der Waals surface area (Å²) in [6.07, 6.45) is -3.86. The van der Waals surface area contributed by atoms with Gasteiger partial charge in [-0.3, -0.25) is 4.79 Å². The monoisotopic (exact) mass is 403 g/mol. The first-order chi connectivity index (χ1) is 13.8. The van der Waals surface area contributed by atoms with Gasteiger partial charge in [-0.25, -0.2) is 4.98 Å². The molecule has 0 aliphatic heterocycles. The molecule has 3 N–H and O–H groups in total. The minimum atomic E-state index is -4.36. The standard InChI is InChI=1S/C21H20F3N3O2/c22-21(23,24)16-5-1-14(2-6-16)3-10-20(29)26-17-7-8-18-15(13-17)4-9-19(27-18)25-11-12-28/h1-2,4-9,13,28H,3,10-12H2,(H,25,27)(H,26,29). The molecule has 1 heterocycles. The molecule has 152 valence electrons. The number of amides is 1. The summed E-state index contributed by atoms with van der Waals surface area (Å²) in [4.78, 5) is 16.6. The van der Waals surface area contributed by atoms with Crippen LogP contribution in [0.5, 0.6) is 0 Å². The number of anilines is 2. The molecule has 2 aromatic carbocycles. The maximum absolute atomic E-state index is 12.6. The maximum Gasteiger partial charge on any atom is 0.416 e. The Morgan fingerprint density at radius 3 is 2.48 bits per heavy atom. The summed E-state index contributed by atoms with van der Waals surface area (Å²) < 4.78 is 37.7. The van der Waals surface area contributed by atoms with E-state index in [2.05, 4.69) is 15.6 Å². The van der Waals surface area contributed by atoms with Crippen LogP contribution >= 0.6 is 0 Å². The molecule has 0 unspecified atom stereocenters. The Kier molecular flexibility index (Phi) is 6.33. The molecule has 0 bridgehead atoms. The Morgan fingerprint density at radius 2 is 1.79 bits per heavy atom. The number of alkyl halides is 3. The quantitative estimate of drug-likeness (QED) is 0.552. The highest BCUT2D eigenvalue weighted by molar-refractivity contribution is 5.94. The number of nitrogens with zero attached hydrogens (tertiary/aromatic N) is 1. The summed E-state index contributed by atoms with van der Waals surface area (Å²) in [6.45, 7) is 0.419. The number of fused-ring (bicyclic) bond motifs is 1. The average molecular weight is 403 g/mol. The van der Waals surface area contributed by atoms with Gasteiger partial charge in [0.2, 0.25) is 5.91 Å². The summed E-state index contributed by atoms with van der Waals surface area (Å²) in [7, 11) is 0. The van der Waals surface area contributed by atoms with Gasteiger partial charge in [0.05, 0.1) is 17.7 Å². The van der Waals surface area contributed by atoms with Gasteiger partial charge in [-0.2, -0.15) is 13.2 Å². The fraction of sp³-hybridized carbons (Fsp3) is 0.238. The topological polar surface area (TPSA) is 74.2 Å². The van der Waals surface area contributed by atoms with Crippen molar-refractivity contribution < 1.29 is 23.1 Å². The zero-order valence-electron chi connectivity index (χ0n) is 15.5. The Balaban J connectivity index is 1.58. The minimum Gasteiger partial charge on any atom is -0.395 e. The number of carbonyl (C=O) groups excluding carboxylic acids is 1. The summed E-state index contributed by atoms with van der Waals surface area (Å²) in [5.74, 6) is 0.429. The van der Waals surface area contributed by atoms with Crippen molar-refractivity contribution in [3.63, 3.8) is 0 Å². The van der Waals surface area contributed by atoms with Crippen LogP contribution in [0.3, 0.4) is 0 Å². The molecule has 8 heteroatoms. The predicted molar refractivity (Wildman–Crippen MR) is 106 cm³/mol. The smallest absolute Gasteiger partial charge is 0.395 e. The zero-order chi connectivity index (χ0) is 20.9. The summed E-state index contributed by atoms with van der Waals surface area (Å²) >= 11 is 0. The number of hydrogen-bond donors (Lipinski definition) is 3. The van der Waals surface area contributed by atoms with Crippen molar-refractivity contribution in [3.8, 4) is 0 Å². The van der Waals surface area contributed by atoms with Gasteiger partial charge in [-0.05, 0) is 54.4 Å². The number of aryl methyl sites for hydroxylation is 1. The lowest BCUT2D eigenvalue weighted by Gasteiger charge is -2.09. The zero-order valence-corrected chi connectivity index (χ0v) is 15.5. The van der Waals surface area contributed by atoms with Crippen LogP contribution in [0, 0.1) is 0 Å². The Labute approximate surface area is 165 Å². The van der Waals surface area contributed by atoms with E-state index in [1.54, 1.807) is 24.3 Å². The highest BCUT2D eigenvalue weighted by atomic mass is 19.4. The molecule has 0 radical (unpaired) electrons. The molecule has 0 fully saturated rings. The maximum atomic E-state index is 12.6. The van der Waals surface area contributed by atoms with Gasteiger partial charge in [0, 0.05) is 24.0 Å². The lowest BCUT2D eigenvalue weighted by atomic mass is 10.1. The lowest BCUT2D eigenvalue weighted by molar-refractivity contribution is -0.137. The Morgan fingerprint density at radius 1 is 1.03 bits per heavy atom. The van der Waals surface area contributed by atoms with Gasteiger partial charge in [-0.1, -0.05) is 12.1 Å². The summed E-state index contributed by atoms with van der Waals surface area (Å²) in [5.41, 5.74) is 1.33. The van der Waals surface area contributed by atoms with Gasteiger partial charge in [0.25, 0.3) is 0 Å². The number of aromatic nitrogens is 1. The van der Waals surface area contributed by atoms with Gasteiger partial charge in [-0.15, -0.1) is 0 Å². The average Bonchev–Trinajstić information content (AvgIpc) is 2.70. The molecule has 1 amide bonds. The first kappa shape index (κ1) is 20.6. The van der Waals surface area contributed by atoms with Gasteiger partial charge in [0.1, 0.15) is 5.82 Å². The highest BCUT2D eigenvalue weighted by Gasteiger charge is 2.29. The number of nitrogens with one attached hydrogen (secondary N) is 2. The van der Waals surface area contributed by atoms with E-state index in [-0.39, 0.29) is 18.9 Å². The first-order valence-electron chi connectivity index (χ1n) is 9.07. The van der Waals surface area contributed by atoms with E-state index in [0.29, 0.717) is 30.0 Å². The Hall–Kier alpha value is -3.13. The van der Waals surface area contributed by atoms with Crippen LogP contribution in [0.2, 0.25) is 0 Å². The molecular formula is C21H20F3N3O2. The molecule has 29 heavy (non-hydrogen) atoms. The van der Waals surface area contributed by atoms with Crippen molar-refractivity contribution in [1.82, 2.24) is 4.98 Å². The molecule has 3 aromatic rings. The van der Waals surface area contributed by atoms with E-state index >= 15 is 0 Å². The number of hydrogen-bond acceptors (Lipinski definition) is 4. The molecule has 0 atom stereocenters. The van der Waals surface area contributed by atoms with Gasteiger partial charge >= 0.3 is 6.18 Å². The Bertz CT molecular complexity index is 989. The molecule has 0 aliphatic carbocycles. The van der Waals surface area contributed by atoms with Crippen LogP contribution < -0.4 is 10.6 Å². The second-order valence-corrected chi connectivity index (χ2v) is 6.50. The third-order valence-corrected chi connectivity index (χ3v) is 4.31. The normalized spacial score (nSPS) is 11.4. The molecule has 0 saturated heterocycles. The molecule has 1 aromatic heterocycles. The second kappa shape index (κ2) is 8.91. The number of benzene rings is 2. The molecule has 0 spiro atoms. The van der Waals surface area contributed by atoms with Crippen molar-refractivity contribution >= 4 is 28.3 Å². The first-order valence-corrected chi connectivity index (χ1v) is 9.07. The van der Waals surface area contributed by atoms with Gasteiger partial charge < -0.3 is 15.7 Å². The van der Waals surface area contributed by atoms with E-state index < -0.39 is 11.7 Å². The fourth-order valence-corrected chi connectivity index (χ4v) is 2.83. The molecule has 3 rings (SSSR count). The third-order valence-electron chi connectivity index (χ3n) is 4.31. The molecule has 0 aliphatic rings. The predicted octanol–water partition coefficient (Wildman–Crippen LogP) is 4.23. The summed E-state index contributed by atoms with van der Waals surface area (Å²) in [6, 6.07) is 13.8. The second-order valence-electron chi connectivity index (χ2n) is 6.50. The van der Waals surface area contributed by atoms with Crippen LogP contribution in [-0.2, 0) is 17.4 Å². The number of pyridine rings is 1. The van der Waals surface area contributed by atoms with E-state index in [1.165, 1.54) is 12.1 Å². The van der Waals surface area contributed by atoms with Crippen molar-refractivity contribution in [1.29, 1.82) is 0 Å². The van der Waals surface area contributed by atoms with Gasteiger partial charge in [0.15, 0.2) is 0 Å². The van der Waals surface area contributed by atoms with Crippen molar-refractivity contribution in [2.24, 2.45) is 0 Å². The minimum absolute atomic E-state index is 0.0111. The van der Waals surface area contributed by atoms with E-state index in [9.17, 15) is 18.0 Å². The number of aliphatic hydroxyl groups excluding tert-OH is 1. The van der Waals surface area contributed by atoms with Crippen LogP contribution in [0.15, 0.2) is 54.6 Å². The van der Waals surface area contributed by atoms with Crippen LogP contribution in [0.1, 0.15) is 17.5 Å². The van der Waals surface area contributed by atoms with Crippen LogP contribution in [0.4, 0.5) is 24.7 Å². The fourth-order valence-electron chi connectivity index (χ4n) is 2.83. The van der Waals surface area contributed by atoms with Crippen molar-refractivity contribution in [2.75, 3.05) is 23.8 Å². The lowest BCUT2D eigenvalue weighted by Crippen LogP contribution is -2.12. The van der Waals surface area contributed by atoms with Crippen LogP contribution in [-0.4, -0.2) is 29.1 Å². The number of halogens is 3. The number of aliphatic hydroxyl groups is 1. The molecular weight excluding hydrogens is 383 g/mol.